The van der Waals surface area contributed by atoms with Crippen LogP contribution in [0.4, 0.5) is 0 Å². The lowest BCUT2D eigenvalue weighted by atomic mass is 10.0. The number of carbonyl (C=O) groups is 1. The molecule has 0 atom stereocenters. The number of carboxylic acids is 1. The largest absolute Gasteiger partial charge is 0.482 e. The highest BCUT2D eigenvalue weighted by Crippen LogP contribution is 2.20. The first-order valence-electron chi connectivity index (χ1n) is 9.82. The molecule has 0 spiro atoms. The van der Waals surface area contributed by atoms with Crippen LogP contribution in [0.3, 0.4) is 0 Å². The van der Waals surface area contributed by atoms with Gasteiger partial charge in [-0.3, -0.25) is 4.98 Å². The minimum absolute atomic E-state index is 0.342. The van der Waals surface area contributed by atoms with Gasteiger partial charge in [0.15, 0.2) is 6.61 Å². The summed E-state index contributed by atoms with van der Waals surface area (Å²) in [5, 5.41) is 13.2. The van der Waals surface area contributed by atoms with Gasteiger partial charge in [0.25, 0.3) is 0 Å². The number of rotatable bonds is 11. The number of carboxylic acid groups (broad SMARTS) is 1. The molecule has 0 saturated heterocycles. The van der Waals surface area contributed by atoms with Crippen molar-refractivity contribution in [2.45, 2.75) is 19.3 Å². The molecule has 1 heterocycles. The Kier molecular flexibility index (Phi) is 7.97. The van der Waals surface area contributed by atoms with Crippen molar-refractivity contribution < 1.29 is 19.5 Å². The number of hydrogen-bond donors (Lipinski definition) is 1. The van der Waals surface area contributed by atoms with E-state index >= 15 is 0 Å². The second-order valence-corrected chi connectivity index (χ2v) is 6.63. The standard InChI is InChI=1S/C24H24N2O4/c27-23(28)18-29-22-14-5-4-9-19(22)10-6-7-16-30-26-24(20-11-2-1-3-12-20)21-13-8-15-25-17-21/h1-5,8-9,11-15,17H,6-7,10,16,18H2,(H,27,28)/b26-24-. The SMILES string of the molecule is O=C(O)COc1ccccc1CCCCO/N=C(/c1ccccc1)c1cccnc1. The molecule has 2 aromatic carbocycles. The van der Waals surface area contributed by atoms with Crippen LogP contribution in [0.1, 0.15) is 29.5 Å². The Labute approximate surface area is 175 Å². The van der Waals surface area contributed by atoms with Crippen LogP contribution in [0.15, 0.2) is 84.3 Å². The van der Waals surface area contributed by atoms with Crippen molar-refractivity contribution in [3.8, 4) is 5.75 Å². The van der Waals surface area contributed by atoms with Gasteiger partial charge in [0.05, 0.1) is 0 Å². The molecule has 3 rings (SSSR count). The summed E-state index contributed by atoms with van der Waals surface area (Å²) in [6.07, 6.45) is 5.95. The van der Waals surface area contributed by atoms with E-state index in [0.29, 0.717) is 12.4 Å². The van der Waals surface area contributed by atoms with Gasteiger partial charge in [0.1, 0.15) is 18.1 Å². The quantitative estimate of drug-likeness (QED) is 0.292. The maximum absolute atomic E-state index is 10.7. The first kappa shape index (κ1) is 21.0. The minimum atomic E-state index is -0.987. The van der Waals surface area contributed by atoms with Gasteiger partial charge in [-0.1, -0.05) is 53.7 Å². The molecule has 0 amide bonds. The van der Waals surface area contributed by atoms with E-state index in [0.717, 1.165) is 41.7 Å². The Hall–Kier alpha value is -3.67. The second-order valence-electron chi connectivity index (χ2n) is 6.63. The number of hydrogen-bond acceptors (Lipinski definition) is 5. The molecule has 0 saturated carbocycles. The summed E-state index contributed by atoms with van der Waals surface area (Å²) in [6.45, 7) is 0.139. The van der Waals surface area contributed by atoms with Gasteiger partial charge in [-0.15, -0.1) is 0 Å². The van der Waals surface area contributed by atoms with Crippen molar-refractivity contribution in [3.05, 3.63) is 95.8 Å². The van der Waals surface area contributed by atoms with Crippen molar-refractivity contribution in [1.82, 2.24) is 4.98 Å². The highest BCUT2D eigenvalue weighted by Gasteiger charge is 2.08. The number of aliphatic carboxylic acids is 1. The number of para-hydroxylation sites is 1. The normalized spacial score (nSPS) is 11.1. The molecule has 154 valence electrons. The fourth-order valence-electron chi connectivity index (χ4n) is 2.95. The topological polar surface area (TPSA) is 81.0 Å². The third kappa shape index (κ3) is 6.44. The van der Waals surface area contributed by atoms with Crippen LogP contribution in [-0.2, 0) is 16.1 Å². The van der Waals surface area contributed by atoms with Gasteiger partial charge >= 0.3 is 5.97 Å². The van der Waals surface area contributed by atoms with Gasteiger partial charge in [0.2, 0.25) is 0 Å². The van der Waals surface area contributed by atoms with E-state index in [9.17, 15) is 4.79 Å². The number of unbranched alkanes of at least 4 members (excludes halogenated alkanes) is 1. The Bertz CT molecular complexity index is 918. The predicted octanol–water partition coefficient (Wildman–Crippen LogP) is 4.34. The molecule has 1 aromatic heterocycles. The molecule has 0 unspecified atom stereocenters. The van der Waals surface area contributed by atoms with E-state index < -0.39 is 5.97 Å². The number of aromatic nitrogens is 1. The van der Waals surface area contributed by atoms with E-state index in [4.69, 9.17) is 14.7 Å². The molecule has 0 aliphatic carbocycles. The van der Waals surface area contributed by atoms with E-state index in [2.05, 4.69) is 10.1 Å². The van der Waals surface area contributed by atoms with Crippen molar-refractivity contribution in [1.29, 1.82) is 0 Å². The van der Waals surface area contributed by atoms with Gasteiger partial charge in [0, 0.05) is 23.5 Å². The molecular formula is C24H24N2O4. The molecule has 0 bridgehead atoms. The van der Waals surface area contributed by atoms with Gasteiger partial charge < -0.3 is 14.7 Å². The van der Waals surface area contributed by atoms with Gasteiger partial charge in [-0.2, -0.15) is 0 Å². The van der Waals surface area contributed by atoms with Crippen LogP contribution in [-0.4, -0.2) is 35.0 Å². The average molecular weight is 404 g/mol. The Morgan fingerprint density at radius 1 is 0.933 bits per heavy atom. The van der Waals surface area contributed by atoms with Crippen LogP contribution in [0.2, 0.25) is 0 Å². The second kappa shape index (κ2) is 11.4. The van der Waals surface area contributed by atoms with Crippen molar-refractivity contribution >= 4 is 11.7 Å². The lowest BCUT2D eigenvalue weighted by Crippen LogP contribution is -2.10. The average Bonchev–Trinajstić information content (AvgIpc) is 2.79. The van der Waals surface area contributed by atoms with Crippen molar-refractivity contribution in [2.75, 3.05) is 13.2 Å². The zero-order chi connectivity index (χ0) is 21.0. The molecule has 30 heavy (non-hydrogen) atoms. The van der Waals surface area contributed by atoms with Crippen LogP contribution in [0, 0.1) is 0 Å². The highest BCUT2D eigenvalue weighted by atomic mass is 16.6. The number of nitrogens with zero attached hydrogens (tertiary/aromatic N) is 2. The number of oxime groups is 1. The van der Waals surface area contributed by atoms with Gasteiger partial charge in [-0.25, -0.2) is 4.79 Å². The summed E-state index contributed by atoms with van der Waals surface area (Å²) in [7, 11) is 0. The molecule has 0 radical (unpaired) electrons. The monoisotopic (exact) mass is 404 g/mol. The molecule has 6 heteroatoms. The number of aryl methyl sites for hydroxylation is 1. The third-order valence-corrected chi connectivity index (χ3v) is 4.39. The summed E-state index contributed by atoms with van der Waals surface area (Å²) >= 11 is 0. The van der Waals surface area contributed by atoms with Crippen LogP contribution in [0.25, 0.3) is 0 Å². The molecular weight excluding hydrogens is 380 g/mol. The molecule has 0 fully saturated rings. The maximum atomic E-state index is 10.7. The van der Waals surface area contributed by atoms with Crippen LogP contribution >= 0.6 is 0 Å². The van der Waals surface area contributed by atoms with E-state index in [1.54, 1.807) is 18.5 Å². The smallest absolute Gasteiger partial charge is 0.341 e. The summed E-state index contributed by atoms with van der Waals surface area (Å²) < 4.78 is 5.35. The lowest BCUT2D eigenvalue weighted by Gasteiger charge is -2.10. The zero-order valence-electron chi connectivity index (χ0n) is 16.6. The summed E-state index contributed by atoms with van der Waals surface area (Å²) in [6, 6.07) is 21.2. The summed E-state index contributed by atoms with van der Waals surface area (Å²) in [5.41, 5.74) is 3.60. The van der Waals surface area contributed by atoms with Crippen molar-refractivity contribution in [3.63, 3.8) is 0 Å². The highest BCUT2D eigenvalue weighted by molar-refractivity contribution is 6.12. The minimum Gasteiger partial charge on any atom is -0.482 e. The zero-order valence-corrected chi connectivity index (χ0v) is 16.6. The Balaban J connectivity index is 1.53. The van der Waals surface area contributed by atoms with Crippen LogP contribution in [0.5, 0.6) is 5.75 Å². The van der Waals surface area contributed by atoms with Crippen LogP contribution < -0.4 is 4.74 Å². The molecule has 3 aromatic rings. The Morgan fingerprint density at radius 2 is 1.70 bits per heavy atom. The fourth-order valence-corrected chi connectivity index (χ4v) is 2.95. The first-order valence-corrected chi connectivity index (χ1v) is 9.82. The number of pyridine rings is 1. The first-order chi connectivity index (χ1) is 14.7. The molecule has 1 N–H and O–H groups in total. The predicted molar refractivity (Wildman–Crippen MR) is 115 cm³/mol. The van der Waals surface area contributed by atoms with E-state index in [1.165, 1.54) is 0 Å². The molecule has 0 aliphatic rings. The van der Waals surface area contributed by atoms with E-state index in [1.807, 2.05) is 60.7 Å². The fraction of sp³-hybridized carbons (Fsp3) is 0.208. The summed E-state index contributed by atoms with van der Waals surface area (Å²) in [5.74, 6) is -0.374. The third-order valence-electron chi connectivity index (χ3n) is 4.39. The number of benzene rings is 2. The number of ether oxygens (including phenoxy) is 1. The lowest BCUT2D eigenvalue weighted by molar-refractivity contribution is -0.139. The van der Waals surface area contributed by atoms with Crippen molar-refractivity contribution in [2.24, 2.45) is 5.16 Å². The van der Waals surface area contributed by atoms with Gasteiger partial charge in [-0.05, 0) is 43.0 Å². The molecule has 0 aliphatic heterocycles. The van der Waals surface area contributed by atoms with E-state index in [-0.39, 0.29) is 6.61 Å². The summed E-state index contributed by atoms with van der Waals surface area (Å²) in [4.78, 5) is 20.5. The maximum Gasteiger partial charge on any atom is 0.341 e. The molecule has 6 nitrogen and oxygen atoms in total. The Morgan fingerprint density at radius 3 is 2.47 bits per heavy atom.